The van der Waals surface area contributed by atoms with E-state index < -0.39 is 35.8 Å². The Morgan fingerprint density at radius 3 is 1.54 bits per heavy atom. The normalized spacial score (nSPS) is 14.8. The van der Waals surface area contributed by atoms with Gasteiger partial charge in [0.15, 0.2) is 0 Å². The fourth-order valence-electron chi connectivity index (χ4n) is 6.15. The Labute approximate surface area is 333 Å². The van der Waals surface area contributed by atoms with E-state index in [2.05, 4.69) is 32.6 Å². The first-order chi connectivity index (χ1) is 22.8. The summed E-state index contributed by atoms with van der Waals surface area (Å²) in [6, 6.07) is 25.4. The van der Waals surface area contributed by atoms with Crippen LogP contribution in [0.2, 0.25) is 0 Å². The van der Waals surface area contributed by atoms with Gasteiger partial charge in [0.1, 0.15) is 37.4 Å². The van der Waals surface area contributed by atoms with Gasteiger partial charge in [-0.05, 0) is 96.1 Å². The van der Waals surface area contributed by atoms with E-state index in [-0.39, 0.29) is 86.7 Å². The zero-order valence-corrected chi connectivity index (χ0v) is 32.9. The molecular formula is C34H28N4Na2O8S2. The van der Waals surface area contributed by atoms with Crippen molar-refractivity contribution in [1.82, 2.24) is 0 Å². The third-order valence-electron chi connectivity index (χ3n) is 8.51. The third-order valence-corrected chi connectivity index (χ3v) is 10.2. The van der Waals surface area contributed by atoms with Crippen LogP contribution >= 0.6 is 0 Å². The predicted octanol–water partition coefficient (Wildman–Crippen LogP) is 2.15. The van der Waals surface area contributed by atoms with Gasteiger partial charge in [0.05, 0.1) is 26.9 Å². The minimum absolute atomic E-state index is 0. The molecule has 5 aromatic rings. The van der Waals surface area contributed by atoms with E-state index >= 15 is 0 Å². The van der Waals surface area contributed by atoms with Gasteiger partial charge in [-0.3, -0.25) is 0 Å². The summed E-state index contributed by atoms with van der Waals surface area (Å²) in [7, 11) is -10.4. The van der Waals surface area contributed by atoms with Crippen molar-refractivity contribution in [1.29, 1.82) is 0 Å². The second-order valence-electron chi connectivity index (χ2n) is 11.5. The minimum Gasteiger partial charge on any atom is -0.744 e. The molecular weight excluding hydrogens is 703 g/mol. The van der Waals surface area contributed by atoms with Crippen molar-refractivity contribution < 1.29 is 95.3 Å². The fraction of sp³-hybridized carbons (Fsp3) is 0.176. The van der Waals surface area contributed by atoms with E-state index in [1.165, 1.54) is 6.07 Å². The van der Waals surface area contributed by atoms with Gasteiger partial charge in [-0.15, -0.1) is 5.11 Å². The number of hydrogen-bond acceptors (Lipinski definition) is 12. The van der Waals surface area contributed by atoms with Crippen LogP contribution in [0.3, 0.4) is 0 Å². The van der Waals surface area contributed by atoms with Crippen LogP contribution in [0.4, 0.5) is 22.7 Å². The average Bonchev–Trinajstić information content (AvgIpc) is 3.07. The number of nitrogens with zero attached hydrogens (tertiary/aromatic N) is 4. The van der Waals surface area contributed by atoms with E-state index in [4.69, 9.17) is 0 Å². The van der Waals surface area contributed by atoms with Gasteiger partial charge in [-0.2, -0.15) is 15.3 Å². The second kappa shape index (κ2) is 16.1. The number of azo groups is 2. The zero-order chi connectivity index (χ0) is 34.1. The van der Waals surface area contributed by atoms with Crippen molar-refractivity contribution >= 4 is 53.8 Å². The van der Waals surface area contributed by atoms with E-state index in [0.717, 1.165) is 55.4 Å². The molecule has 12 nitrogen and oxygen atoms in total. The molecule has 1 fully saturated rings. The molecule has 0 amide bonds. The largest absolute Gasteiger partial charge is 1.00 e. The van der Waals surface area contributed by atoms with Crippen LogP contribution in [0.1, 0.15) is 43.2 Å². The van der Waals surface area contributed by atoms with E-state index in [9.17, 15) is 36.2 Å². The van der Waals surface area contributed by atoms with E-state index in [0.29, 0.717) is 23.1 Å². The summed E-state index contributed by atoms with van der Waals surface area (Å²) < 4.78 is 71.1. The summed E-state index contributed by atoms with van der Waals surface area (Å²) in [5.74, 6) is -0.349. The van der Waals surface area contributed by atoms with Crippen LogP contribution in [0.15, 0.2) is 127 Å². The standard InChI is InChI=1S/C34H30N4O8S2.2Na/c39-28-15-13-27(14-16-28)36-35-25-9-5-23(6-10-25)34(18-2-1-3-19-34)24-7-11-26(12-8-24)37-38-33-30(40)17-4-22-20-29(47(41,42)43)21-31(32(22)33)48(44,45)46;;/h4-17,20-21,39-40H,1-3,18-19H2,(H,41,42,43)(H,44,45,46);;/q;2*+1/p-2. The maximum Gasteiger partial charge on any atom is 1.00 e. The second-order valence-corrected chi connectivity index (χ2v) is 14.2. The Morgan fingerprint density at radius 2 is 1.06 bits per heavy atom. The average molecular weight is 731 g/mol. The molecule has 50 heavy (non-hydrogen) atoms. The molecule has 2 N–H and O–H groups in total. The van der Waals surface area contributed by atoms with Gasteiger partial charge in [0.2, 0.25) is 0 Å². The monoisotopic (exact) mass is 730 g/mol. The molecule has 0 aromatic heterocycles. The number of phenols is 2. The Morgan fingerprint density at radius 1 is 0.580 bits per heavy atom. The number of aromatic hydroxyl groups is 2. The van der Waals surface area contributed by atoms with Crippen LogP contribution in [-0.4, -0.2) is 36.2 Å². The fourth-order valence-corrected chi connectivity index (χ4v) is 7.49. The van der Waals surface area contributed by atoms with Crippen LogP contribution in [0.25, 0.3) is 10.8 Å². The molecule has 0 unspecified atom stereocenters. The minimum atomic E-state index is -5.29. The summed E-state index contributed by atoms with van der Waals surface area (Å²) in [5.41, 5.74) is 3.25. The maximum absolute atomic E-state index is 12.1. The predicted molar refractivity (Wildman–Crippen MR) is 175 cm³/mol. The topological polar surface area (TPSA) is 204 Å². The van der Waals surface area contributed by atoms with Gasteiger partial charge in [0, 0.05) is 10.8 Å². The molecule has 0 radical (unpaired) electrons. The van der Waals surface area contributed by atoms with Crippen LogP contribution < -0.4 is 59.1 Å². The summed E-state index contributed by atoms with van der Waals surface area (Å²) in [4.78, 5) is -1.92. The molecule has 1 aliphatic rings. The summed E-state index contributed by atoms with van der Waals surface area (Å²) in [6.07, 6.45) is 5.08. The van der Waals surface area contributed by atoms with Crippen molar-refractivity contribution in [3.63, 3.8) is 0 Å². The molecule has 0 atom stereocenters. The molecule has 5 aromatic carbocycles. The summed E-state index contributed by atoms with van der Waals surface area (Å²) in [5, 5.41) is 36.3. The van der Waals surface area contributed by atoms with Crippen molar-refractivity contribution in [2.24, 2.45) is 20.5 Å². The van der Waals surface area contributed by atoms with Crippen molar-refractivity contribution in [2.75, 3.05) is 0 Å². The molecule has 1 saturated carbocycles. The molecule has 0 bridgehead atoms. The van der Waals surface area contributed by atoms with Gasteiger partial charge < -0.3 is 19.3 Å². The number of phenolic OH excluding ortho intramolecular Hbond substituents is 2. The number of benzene rings is 5. The molecule has 16 heteroatoms. The summed E-state index contributed by atoms with van der Waals surface area (Å²) >= 11 is 0. The molecule has 6 rings (SSSR count). The van der Waals surface area contributed by atoms with Crippen LogP contribution in [0.5, 0.6) is 11.5 Å². The Balaban J connectivity index is 0.00000281. The van der Waals surface area contributed by atoms with E-state index in [1.54, 1.807) is 36.4 Å². The molecule has 246 valence electrons. The Bertz CT molecular complexity index is 2280. The van der Waals surface area contributed by atoms with Crippen LogP contribution in [-0.2, 0) is 25.7 Å². The Kier molecular flexibility index (Phi) is 12.8. The maximum atomic E-state index is 12.1. The molecule has 0 spiro atoms. The SMILES string of the molecule is O=S(=O)([O-])c1cc(S(=O)(=O)[O-])c2c(N=Nc3ccc(C4(c5ccc(N=Nc6ccc(O)cc6)cc5)CCCCC4)cc3)c(O)ccc2c1.[Na+].[Na+]. The quantitative estimate of drug-likeness (QED) is 0.137. The van der Waals surface area contributed by atoms with Gasteiger partial charge >= 0.3 is 59.1 Å². The smallest absolute Gasteiger partial charge is 0.744 e. The van der Waals surface area contributed by atoms with Crippen molar-refractivity contribution in [3.05, 3.63) is 108 Å². The first-order valence-electron chi connectivity index (χ1n) is 14.9. The Hall–Kier alpha value is -3.02. The number of hydrogen-bond donors (Lipinski definition) is 2. The first-order valence-corrected chi connectivity index (χ1v) is 17.7. The first kappa shape index (κ1) is 39.8. The van der Waals surface area contributed by atoms with Gasteiger partial charge in [-0.25, -0.2) is 16.8 Å². The van der Waals surface area contributed by atoms with E-state index in [1.807, 2.05) is 24.3 Å². The zero-order valence-electron chi connectivity index (χ0n) is 27.2. The third kappa shape index (κ3) is 8.70. The number of rotatable bonds is 8. The molecule has 1 aliphatic carbocycles. The summed E-state index contributed by atoms with van der Waals surface area (Å²) in [6.45, 7) is 0. The van der Waals surface area contributed by atoms with Gasteiger partial charge in [-0.1, -0.05) is 49.6 Å². The number of fused-ring (bicyclic) bond motifs is 1. The van der Waals surface area contributed by atoms with Crippen LogP contribution in [0, 0.1) is 0 Å². The molecule has 0 saturated heterocycles. The van der Waals surface area contributed by atoms with Gasteiger partial charge in [0.25, 0.3) is 0 Å². The molecule has 0 heterocycles. The molecule has 0 aliphatic heterocycles. The van der Waals surface area contributed by atoms with Crippen molar-refractivity contribution in [3.8, 4) is 11.5 Å². The van der Waals surface area contributed by atoms with Crippen molar-refractivity contribution in [2.45, 2.75) is 47.3 Å².